The molecule has 0 aliphatic rings. The number of nitrogens with zero attached hydrogens (tertiary/aromatic N) is 2. The monoisotopic (exact) mass is 184 g/mol. The van der Waals surface area contributed by atoms with Gasteiger partial charge in [0.25, 0.3) is 0 Å². The summed E-state index contributed by atoms with van der Waals surface area (Å²) in [7, 11) is 0. The van der Waals surface area contributed by atoms with Gasteiger partial charge < -0.3 is 0 Å². The summed E-state index contributed by atoms with van der Waals surface area (Å²) in [5.74, 6) is -0.462. The molecule has 4 heteroatoms. The van der Waals surface area contributed by atoms with E-state index >= 15 is 0 Å². The lowest BCUT2D eigenvalue weighted by atomic mass is 10.1. The summed E-state index contributed by atoms with van der Waals surface area (Å²) in [6.07, 6.45) is 0. The van der Waals surface area contributed by atoms with E-state index in [-0.39, 0.29) is 22.0 Å². The number of aryl methyl sites for hydroxylation is 1. The van der Waals surface area contributed by atoms with Gasteiger partial charge in [0, 0.05) is 5.56 Å². The molecule has 0 fully saturated rings. The summed E-state index contributed by atoms with van der Waals surface area (Å²) in [4.78, 5) is 3.67. The van der Waals surface area contributed by atoms with Crippen LogP contribution in [0.15, 0.2) is 0 Å². The van der Waals surface area contributed by atoms with Crippen molar-refractivity contribution in [2.75, 3.05) is 0 Å². The quantitative estimate of drug-likeness (QED) is 0.581. The van der Waals surface area contributed by atoms with Crippen LogP contribution in [0.4, 0.5) is 4.39 Å². The lowest BCUT2D eigenvalue weighted by molar-refractivity contribution is 0.599. The van der Waals surface area contributed by atoms with E-state index in [4.69, 9.17) is 16.9 Å². The van der Waals surface area contributed by atoms with Crippen molar-refractivity contribution in [3.05, 3.63) is 27.8 Å². The largest absolute Gasteiger partial charge is 0.237 e. The van der Waals surface area contributed by atoms with E-state index in [2.05, 4.69) is 4.98 Å². The van der Waals surface area contributed by atoms with Crippen molar-refractivity contribution in [1.82, 2.24) is 4.98 Å². The Bertz CT molecular complexity index is 368. The van der Waals surface area contributed by atoms with Crippen LogP contribution in [0, 0.1) is 31.0 Å². The van der Waals surface area contributed by atoms with Crippen LogP contribution in [0.5, 0.6) is 0 Å². The molecular weight excluding hydrogens is 179 g/mol. The molecule has 0 unspecified atom stereocenters. The third-order valence-electron chi connectivity index (χ3n) is 1.61. The van der Waals surface area contributed by atoms with Crippen LogP contribution in [0.25, 0.3) is 0 Å². The van der Waals surface area contributed by atoms with Gasteiger partial charge in [-0.1, -0.05) is 11.6 Å². The Kier molecular flexibility index (Phi) is 2.30. The maximum Gasteiger partial charge on any atom is 0.148 e. The SMILES string of the molecule is Cc1nc(Cl)c(C#N)c(C)c1F. The molecule has 62 valence electrons. The Morgan fingerprint density at radius 1 is 1.50 bits per heavy atom. The van der Waals surface area contributed by atoms with Crippen LogP contribution in [-0.4, -0.2) is 4.98 Å². The highest BCUT2D eigenvalue weighted by atomic mass is 35.5. The molecule has 0 amide bonds. The lowest BCUT2D eigenvalue weighted by Gasteiger charge is -2.03. The van der Waals surface area contributed by atoms with Crippen molar-refractivity contribution < 1.29 is 4.39 Å². The number of nitriles is 1. The molecule has 0 saturated heterocycles. The molecule has 0 spiro atoms. The minimum absolute atomic E-state index is 0.0638. The molecule has 0 bridgehead atoms. The van der Waals surface area contributed by atoms with Gasteiger partial charge in [-0.2, -0.15) is 5.26 Å². The molecular formula is C8H6ClFN2. The highest BCUT2D eigenvalue weighted by Crippen LogP contribution is 2.20. The molecule has 0 aliphatic carbocycles. The molecule has 0 N–H and O–H groups in total. The fraction of sp³-hybridized carbons (Fsp3) is 0.250. The number of hydrogen-bond donors (Lipinski definition) is 0. The van der Waals surface area contributed by atoms with Gasteiger partial charge in [-0.3, -0.25) is 0 Å². The minimum Gasteiger partial charge on any atom is -0.237 e. The zero-order chi connectivity index (χ0) is 9.30. The summed E-state index contributed by atoms with van der Waals surface area (Å²) in [5, 5.41) is 8.64. The molecule has 1 aromatic heterocycles. The van der Waals surface area contributed by atoms with Crippen LogP contribution in [0.3, 0.4) is 0 Å². The first-order valence-corrected chi connectivity index (χ1v) is 3.68. The van der Waals surface area contributed by atoms with Gasteiger partial charge in [0.2, 0.25) is 0 Å². The van der Waals surface area contributed by atoms with Gasteiger partial charge >= 0.3 is 0 Å². The average Bonchev–Trinajstić information content (AvgIpc) is 2.01. The van der Waals surface area contributed by atoms with Gasteiger partial charge in [-0.15, -0.1) is 0 Å². The Hall–Kier alpha value is -1.14. The fourth-order valence-electron chi connectivity index (χ4n) is 0.918. The second-order valence-electron chi connectivity index (χ2n) is 2.41. The van der Waals surface area contributed by atoms with Crippen LogP contribution in [-0.2, 0) is 0 Å². The fourth-order valence-corrected chi connectivity index (χ4v) is 1.23. The zero-order valence-corrected chi connectivity index (χ0v) is 7.41. The van der Waals surface area contributed by atoms with Gasteiger partial charge in [-0.05, 0) is 13.8 Å². The molecule has 1 heterocycles. The molecule has 1 aromatic rings. The van der Waals surface area contributed by atoms with Crippen molar-refractivity contribution in [3.63, 3.8) is 0 Å². The summed E-state index contributed by atoms with van der Waals surface area (Å²) in [6.45, 7) is 3.02. The highest BCUT2D eigenvalue weighted by Gasteiger charge is 2.12. The summed E-state index contributed by atoms with van der Waals surface area (Å²) in [5.41, 5.74) is 0.589. The third kappa shape index (κ3) is 1.26. The summed E-state index contributed by atoms with van der Waals surface area (Å²) >= 11 is 5.61. The molecule has 0 atom stereocenters. The van der Waals surface area contributed by atoms with Crippen LogP contribution < -0.4 is 0 Å². The highest BCUT2D eigenvalue weighted by molar-refractivity contribution is 6.30. The number of pyridine rings is 1. The number of halogens is 2. The predicted molar refractivity (Wildman–Crippen MR) is 43.4 cm³/mol. The van der Waals surface area contributed by atoms with E-state index in [1.807, 2.05) is 0 Å². The average molecular weight is 185 g/mol. The topological polar surface area (TPSA) is 36.7 Å². The number of rotatable bonds is 0. The van der Waals surface area contributed by atoms with Crippen molar-refractivity contribution in [2.45, 2.75) is 13.8 Å². The Morgan fingerprint density at radius 3 is 2.58 bits per heavy atom. The first kappa shape index (κ1) is 8.95. The van der Waals surface area contributed by atoms with E-state index < -0.39 is 5.82 Å². The van der Waals surface area contributed by atoms with E-state index in [0.29, 0.717) is 0 Å². The maximum atomic E-state index is 13.1. The Balaban J connectivity index is 3.54. The molecule has 12 heavy (non-hydrogen) atoms. The number of aromatic nitrogens is 1. The molecule has 2 nitrogen and oxygen atoms in total. The van der Waals surface area contributed by atoms with Crippen molar-refractivity contribution in [2.24, 2.45) is 0 Å². The first-order chi connectivity index (χ1) is 5.57. The van der Waals surface area contributed by atoms with E-state index in [1.54, 1.807) is 6.07 Å². The van der Waals surface area contributed by atoms with Crippen molar-refractivity contribution in [1.29, 1.82) is 5.26 Å². The summed E-state index contributed by atoms with van der Waals surface area (Å²) in [6, 6.07) is 1.80. The molecule has 0 radical (unpaired) electrons. The normalized spacial score (nSPS) is 9.58. The van der Waals surface area contributed by atoms with Crippen molar-refractivity contribution in [3.8, 4) is 6.07 Å². The first-order valence-electron chi connectivity index (χ1n) is 3.30. The Morgan fingerprint density at radius 2 is 2.08 bits per heavy atom. The molecule has 1 rings (SSSR count). The second-order valence-corrected chi connectivity index (χ2v) is 2.77. The molecule has 0 aliphatic heterocycles. The van der Waals surface area contributed by atoms with Gasteiger partial charge in [0.1, 0.15) is 17.0 Å². The Labute approximate surface area is 74.6 Å². The predicted octanol–water partition coefficient (Wildman–Crippen LogP) is 2.36. The molecule has 0 saturated carbocycles. The third-order valence-corrected chi connectivity index (χ3v) is 1.88. The van der Waals surface area contributed by atoms with E-state index in [0.717, 1.165) is 0 Å². The zero-order valence-electron chi connectivity index (χ0n) is 6.65. The number of hydrogen-bond acceptors (Lipinski definition) is 2. The minimum atomic E-state index is -0.462. The van der Waals surface area contributed by atoms with Crippen molar-refractivity contribution >= 4 is 11.6 Å². The van der Waals surface area contributed by atoms with Crippen LogP contribution >= 0.6 is 11.6 Å². The second kappa shape index (κ2) is 3.08. The van der Waals surface area contributed by atoms with Gasteiger partial charge in [-0.25, -0.2) is 9.37 Å². The van der Waals surface area contributed by atoms with Crippen LogP contribution in [0.2, 0.25) is 5.15 Å². The standard InChI is InChI=1S/C8H6ClFN2/c1-4-6(3-11)8(9)12-5(2)7(4)10/h1-2H3. The van der Waals surface area contributed by atoms with E-state index in [1.165, 1.54) is 13.8 Å². The van der Waals surface area contributed by atoms with Gasteiger partial charge in [0.05, 0.1) is 11.3 Å². The van der Waals surface area contributed by atoms with E-state index in [9.17, 15) is 4.39 Å². The lowest BCUT2D eigenvalue weighted by Crippen LogP contribution is -1.97. The molecule has 0 aromatic carbocycles. The summed E-state index contributed by atoms with van der Waals surface area (Å²) < 4.78 is 13.1. The van der Waals surface area contributed by atoms with Crippen LogP contribution in [0.1, 0.15) is 16.8 Å². The smallest absolute Gasteiger partial charge is 0.148 e. The maximum absolute atomic E-state index is 13.1. The van der Waals surface area contributed by atoms with Gasteiger partial charge in [0.15, 0.2) is 0 Å².